The largest absolute Gasteiger partial charge is 0.598 e. The Morgan fingerprint density at radius 2 is 1.78 bits per heavy atom. The lowest BCUT2D eigenvalue weighted by atomic mass is 9.98. The maximum absolute atomic E-state index is 13.3. The van der Waals surface area contributed by atoms with E-state index >= 15 is 0 Å². The van der Waals surface area contributed by atoms with Crippen LogP contribution in [0.1, 0.15) is 39.3 Å². The van der Waals surface area contributed by atoms with E-state index in [1.54, 1.807) is 18.2 Å². The van der Waals surface area contributed by atoms with Gasteiger partial charge in [0.15, 0.2) is 5.43 Å². The lowest BCUT2D eigenvalue weighted by Crippen LogP contribution is -2.41. The molecule has 4 nitrogen and oxygen atoms in total. The summed E-state index contributed by atoms with van der Waals surface area (Å²) in [5, 5.41) is 1.01. The van der Waals surface area contributed by atoms with Gasteiger partial charge in [-0.15, -0.1) is 4.72 Å². The second-order valence-corrected chi connectivity index (χ2v) is 9.90. The van der Waals surface area contributed by atoms with Gasteiger partial charge in [0.25, 0.3) is 0 Å². The van der Waals surface area contributed by atoms with E-state index in [-0.39, 0.29) is 5.43 Å². The predicted octanol–water partition coefficient (Wildman–Crippen LogP) is 4.96. The zero-order valence-electron chi connectivity index (χ0n) is 15.8. The number of hydrogen-bond donors (Lipinski definition) is 2. The number of halogens is 1. The highest BCUT2D eigenvalue weighted by molar-refractivity contribution is 7.90. The average molecular weight is 403 g/mol. The van der Waals surface area contributed by atoms with Crippen molar-refractivity contribution < 1.29 is 4.55 Å². The van der Waals surface area contributed by atoms with Gasteiger partial charge in [-0.05, 0) is 45.4 Å². The Kier molecular flexibility index (Phi) is 5.68. The molecule has 0 aliphatic heterocycles. The molecule has 0 radical (unpaired) electrons. The van der Waals surface area contributed by atoms with Crippen molar-refractivity contribution in [2.45, 2.75) is 38.5 Å². The van der Waals surface area contributed by atoms with E-state index in [9.17, 15) is 9.35 Å². The second kappa shape index (κ2) is 7.68. The summed E-state index contributed by atoms with van der Waals surface area (Å²) in [5.74, 6) is 0. The van der Waals surface area contributed by atoms with Crippen LogP contribution in [0.25, 0.3) is 22.2 Å². The fraction of sp³-hybridized carbons (Fsp3) is 0.286. The maximum atomic E-state index is 13.3. The quantitative estimate of drug-likeness (QED) is 0.606. The molecule has 0 fully saturated rings. The highest BCUT2D eigenvalue weighted by Gasteiger charge is 2.30. The fourth-order valence-corrected chi connectivity index (χ4v) is 3.95. The van der Waals surface area contributed by atoms with Crippen molar-refractivity contribution >= 4 is 33.9 Å². The number of nitrogens with one attached hydrogen (secondary N) is 2. The van der Waals surface area contributed by atoms with Crippen LogP contribution in [-0.4, -0.2) is 14.3 Å². The fourth-order valence-electron chi connectivity index (χ4n) is 2.93. The number of fused-ring (bicyclic) bond motifs is 1. The molecule has 142 valence electrons. The molecule has 1 unspecified atom stereocenters. The van der Waals surface area contributed by atoms with Gasteiger partial charge in [-0.25, -0.2) is 0 Å². The molecule has 0 aliphatic rings. The van der Waals surface area contributed by atoms with Gasteiger partial charge in [-0.3, -0.25) is 4.79 Å². The highest BCUT2D eigenvalue weighted by Crippen LogP contribution is 2.30. The van der Waals surface area contributed by atoms with E-state index in [0.717, 1.165) is 5.56 Å². The van der Waals surface area contributed by atoms with Crippen molar-refractivity contribution in [2.24, 2.45) is 0 Å². The number of aromatic nitrogens is 1. The number of pyridine rings is 1. The van der Waals surface area contributed by atoms with Gasteiger partial charge >= 0.3 is 0 Å². The van der Waals surface area contributed by atoms with Gasteiger partial charge in [-0.2, -0.15) is 0 Å². The molecule has 0 amide bonds. The van der Waals surface area contributed by atoms with Gasteiger partial charge in [0.05, 0.1) is 22.3 Å². The summed E-state index contributed by atoms with van der Waals surface area (Å²) >= 11 is 5.02. The molecule has 0 saturated heterocycles. The summed E-state index contributed by atoms with van der Waals surface area (Å²) in [4.78, 5) is 16.7. The molecule has 1 heterocycles. The average Bonchev–Trinajstić information content (AvgIpc) is 2.62. The molecule has 1 aromatic heterocycles. The van der Waals surface area contributed by atoms with Crippen LogP contribution in [-0.2, 0) is 11.4 Å². The minimum absolute atomic E-state index is 0.115. The molecular formula is C21H23ClN2O2S. The third-order valence-corrected chi connectivity index (χ3v) is 6.35. The summed E-state index contributed by atoms with van der Waals surface area (Å²) in [5.41, 5.74) is 2.61. The van der Waals surface area contributed by atoms with Crippen LogP contribution in [0, 0.1) is 0 Å². The lowest BCUT2D eigenvalue weighted by Gasteiger charge is -2.27. The first-order valence-electron chi connectivity index (χ1n) is 8.78. The summed E-state index contributed by atoms with van der Waals surface area (Å²) in [6.07, 6.45) is 0. The smallest absolute Gasteiger partial charge is 0.195 e. The minimum atomic E-state index is -1.31. The second-order valence-electron chi connectivity index (χ2n) is 7.49. The number of aromatic amines is 1. The van der Waals surface area contributed by atoms with Crippen LogP contribution in [0.3, 0.4) is 0 Å². The van der Waals surface area contributed by atoms with Gasteiger partial charge in [0, 0.05) is 22.3 Å². The Bertz CT molecular complexity index is 1010. The number of H-pyrrole nitrogens is 1. The SMILES string of the molecule is C[C@H](N[S+]([O-])C(C)(C)C)c1c(-c2ccccc2)[nH]c2c(Cl)cccc2c1=O. The maximum Gasteiger partial charge on any atom is 0.195 e. The van der Waals surface area contributed by atoms with Crippen molar-refractivity contribution in [1.29, 1.82) is 0 Å². The van der Waals surface area contributed by atoms with E-state index < -0.39 is 22.2 Å². The van der Waals surface area contributed by atoms with E-state index in [1.807, 2.05) is 58.0 Å². The van der Waals surface area contributed by atoms with Crippen molar-refractivity contribution in [1.82, 2.24) is 9.71 Å². The lowest BCUT2D eigenvalue weighted by molar-refractivity contribution is 0.531. The topological polar surface area (TPSA) is 67.9 Å². The molecule has 0 bridgehead atoms. The zero-order valence-corrected chi connectivity index (χ0v) is 17.4. The third kappa shape index (κ3) is 4.06. The van der Waals surface area contributed by atoms with Crippen LogP contribution in [0.15, 0.2) is 53.3 Å². The van der Waals surface area contributed by atoms with Crippen LogP contribution < -0.4 is 10.2 Å². The highest BCUT2D eigenvalue weighted by atomic mass is 35.5. The molecule has 0 saturated carbocycles. The van der Waals surface area contributed by atoms with E-state index in [2.05, 4.69) is 9.71 Å². The predicted molar refractivity (Wildman–Crippen MR) is 114 cm³/mol. The molecule has 0 spiro atoms. The molecule has 2 atom stereocenters. The standard InChI is InChI=1S/C21H23ClN2O2S/c1-13(24-27(26)21(2,3)4)17-18(14-9-6-5-7-10-14)23-19-15(20(17)25)11-8-12-16(19)22/h5-13,24H,1-4H3,(H,23,25)/t13-,27?/m0/s1. The molecule has 27 heavy (non-hydrogen) atoms. The van der Waals surface area contributed by atoms with Crippen LogP contribution in [0.4, 0.5) is 0 Å². The molecule has 2 N–H and O–H groups in total. The Morgan fingerprint density at radius 3 is 2.41 bits per heavy atom. The van der Waals surface area contributed by atoms with Crippen molar-refractivity contribution in [3.8, 4) is 11.3 Å². The van der Waals surface area contributed by atoms with Crippen molar-refractivity contribution in [2.75, 3.05) is 0 Å². The molecule has 3 aromatic rings. The summed E-state index contributed by atoms with van der Waals surface area (Å²) < 4.78 is 15.2. The number of hydrogen-bond acceptors (Lipinski definition) is 3. The first kappa shape index (κ1) is 20.0. The van der Waals surface area contributed by atoms with Crippen LogP contribution in [0.2, 0.25) is 5.02 Å². The zero-order chi connectivity index (χ0) is 19.8. The number of para-hydroxylation sites is 1. The summed E-state index contributed by atoms with van der Waals surface area (Å²) in [7, 11) is 0. The van der Waals surface area contributed by atoms with E-state index in [4.69, 9.17) is 11.6 Å². The summed E-state index contributed by atoms with van der Waals surface area (Å²) in [6, 6.07) is 14.5. The number of benzene rings is 2. The van der Waals surface area contributed by atoms with Crippen molar-refractivity contribution in [3.05, 3.63) is 69.3 Å². The van der Waals surface area contributed by atoms with Gasteiger partial charge < -0.3 is 9.54 Å². The minimum Gasteiger partial charge on any atom is -0.598 e. The molecular weight excluding hydrogens is 380 g/mol. The van der Waals surface area contributed by atoms with E-state index in [0.29, 0.717) is 27.2 Å². The molecule has 2 aromatic carbocycles. The first-order valence-corrected chi connectivity index (χ1v) is 10.3. The molecule has 6 heteroatoms. The Labute approximate surface area is 167 Å². The van der Waals surface area contributed by atoms with Crippen LogP contribution >= 0.6 is 11.6 Å². The first-order chi connectivity index (χ1) is 12.7. The summed E-state index contributed by atoms with van der Waals surface area (Å²) in [6.45, 7) is 7.54. The Balaban J connectivity index is 2.23. The normalized spacial score (nSPS) is 14.3. The molecule has 3 rings (SSSR count). The van der Waals surface area contributed by atoms with Crippen molar-refractivity contribution in [3.63, 3.8) is 0 Å². The molecule has 0 aliphatic carbocycles. The van der Waals surface area contributed by atoms with Gasteiger partial charge in [0.1, 0.15) is 4.75 Å². The van der Waals surface area contributed by atoms with Gasteiger partial charge in [0.2, 0.25) is 0 Å². The van der Waals surface area contributed by atoms with Crippen LogP contribution in [0.5, 0.6) is 0 Å². The van der Waals surface area contributed by atoms with E-state index in [1.165, 1.54) is 0 Å². The third-order valence-electron chi connectivity index (χ3n) is 4.36. The monoisotopic (exact) mass is 402 g/mol. The number of rotatable bonds is 4. The Hall–Kier alpha value is -1.79. The Morgan fingerprint density at radius 1 is 1.11 bits per heavy atom. The van der Waals surface area contributed by atoms with Gasteiger partial charge in [-0.1, -0.05) is 48.0 Å².